The Balaban J connectivity index is 2.50. The molecule has 0 atom stereocenters. The van der Waals surface area contributed by atoms with Crippen LogP contribution in [0.15, 0.2) is 24.3 Å². The maximum absolute atomic E-state index is 10.9. The first-order valence-electron chi connectivity index (χ1n) is 4.17. The van der Waals surface area contributed by atoms with E-state index in [2.05, 4.69) is 5.32 Å². The first-order chi connectivity index (χ1) is 6.22. The second-order valence-corrected chi connectivity index (χ2v) is 3.24. The fraction of sp³-hybridized carbons (Fsp3) is 0.300. The minimum Gasteiger partial charge on any atom is -0.359 e. The summed E-state index contributed by atoms with van der Waals surface area (Å²) in [5.74, 6) is 0.0555. The van der Waals surface area contributed by atoms with E-state index in [1.165, 1.54) is 0 Å². The number of nitrogens with one attached hydrogen (secondary N) is 1. The smallest absolute Gasteiger partial charge is 0.220 e. The first kappa shape index (κ1) is 10.1. The van der Waals surface area contributed by atoms with Crippen LogP contribution < -0.4 is 5.32 Å². The molecule has 0 aliphatic carbocycles. The van der Waals surface area contributed by atoms with Gasteiger partial charge in [0.25, 0.3) is 0 Å². The van der Waals surface area contributed by atoms with Crippen LogP contribution in [0.1, 0.15) is 12.0 Å². The summed E-state index contributed by atoms with van der Waals surface area (Å²) in [6.07, 6.45) is 1.25. The van der Waals surface area contributed by atoms with E-state index >= 15 is 0 Å². The van der Waals surface area contributed by atoms with E-state index in [0.717, 1.165) is 17.0 Å². The average molecular weight is 198 g/mol. The molecule has 70 valence electrons. The van der Waals surface area contributed by atoms with Crippen LogP contribution in [0.25, 0.3) is 0 Å². The topological polar surface area (TPSA) is 29.1 Å². The van der Waals surface area contributed by atoms with Crippen molar-refractivity contribution in [2.75, 3.05) is 7.05 Å². The van der Waals surface area contributed by atoms with E-state index in [1.54, 1.807) is 7.05 Å². The number of hydrogen-bond acceptors (Lipinski definition) is 1. The monoisotopic (exact) mass is 197 g/mol. The van der Waals surface area contributed by atoms with Crippen LogP contribution in [0.5, 0.6) is 0 Å². The molecule has 0 heterocycles. The van der Waals surface area contributed by atoms with Gasteiger partial charge in [-0.3, -0.25) is 4.79 Å². The van der Waals surface area contributed by atoms with Gasteiger partial charge in [-0.1, -0.05) is 23.7 Å². The van der Waals surface area contributed by atoms with Crippen LogP contribution in [-0.2, 0) is 11.2 Å². The molecule has 0 spiro atoms. The van der Waals surface area contributed by atoms with Crippen molar-refractivity contribution in [1.29, 1.82) is 0 Å². The largest absolute Gasteiger partial charge is 0.359 e. The molecule has 1 aromatic rings. The lowest BCUT2D eigenvalue weighted by atomic mass is 10.1. The Labute approximate surface area is 82.9 Å². The van der Waals surface area contributed by atoms with Gasteiger partial charge in [-0.15, -0.1) is 0 Å². The molecule has 1 rings (SSSR count). The second kappa shape index (κ2) is 4.87. The highest BCUT2D eigenvalue weighted by molar-refractivity contribution is 6.30. The molecule has 0 bridgehead atoms. The maximum Gasteiger partial charge on any atom is 0.220 e. The van der Waals surface area contributed by atoms with Gasteiger partial charge in [0.15, 0.2) is 0 Å². The average Bonchev–Trinajstić information content (AvgIpc) is 2.14. The van der Waals surface area contributed by atoms with Gasteiger partial charge in [-0.2, -0.15) is 0 Å². The van der Waals surface area contributed by atoms with E-state index in [-0.39, 0.29) is 5.91 Å². The number of halogens is 1. The predicted molar refractivity (Wildman–Crippen MR) is 53.8 cm³/mol. The highest BCUT2D eigenvalue weighted by Gasteiger charge is 1.99. The Morgan fingerprint density at radius 1 is 1.54 bits per heavy atom. The van der Waals surface area contributed by atoms with Crippen molar-refractivity contribution in [2.45, 2.75) is 12.8 Å². The zero-order chi connectivity index (χ0) is 9.68. The summed E-state index contributed by atoms with van der Waals surface area (Å²) < 4.78 is 0. The third-order valence-corrected chi connectivity index (χ3v) is 2.04. The number of rotatable bonds is 3. The molecule has 0 saturated carbocycles. The van der Waals surface area contributed by atoms with E-state index in [1.807, 2.05) is 24.3 Å². The van der Waals surface area contributed by atoms with E-state index in [9.17, 15) is 4.79 Å². The Kier molecular flexibility index (Phi) is 3.77. The van der Waals surface area contributed by atoms with Gasteiger partial charge in [0.1, 0.15) is 0 Å². The number of benzene rings is 1. The molecule has 1 amide bonds. The lowest BCUT2D eigenvalue weighted by Crippen LogP contribution is -2.17. The molecular formula is C10H12ClNO. The Morgan fingerprint density at radius 3 is 2.92 bits per heavy atom. The van der Waals surface area contributed by atoms with Crippen LogP contribution in [0.4, 0.5) is 0 Å². The third-order valence-electron chi connectivity index (χ3n) is 1.81. The summed E-state index contributed by atoms with van der Waals surface area (Å²) in [5.41, 5.74) is 1.09. The molecule has 1 aromatic carbocycles. The lowest BCUT2D eigenvalue weighted by Gasteiger charge is -2.00. The number of carbonyl (C=O) groups excluding carboxylic acids is 1. The third kappa shape index (κ3) is 3.47. The molecule has 0 aliphatic heterocycles. The number of aryl methyl sites for hydroxylation is 1. The molecule has 3 heteroatoms. The maximum atomic E-state index is 10.9. The predicted octanol–water partition coefficient (Wildman–Crippen LogP) is 2.02. The number of amides is 1. The molecule has 0 saturated heterocycles. The van der Waals surface area contributed by atoms with Crippen molar-refractivity contribution in [3.63, 3.8) is 0 Å². The fourth-order valence-electron chi connectivity index (χ4n) is 1.08. The zero-order valence-electron chi connectivity index (χ0n) is 7.51. The molecular weight excluding hydrogens is 186 g/mol. The van der Waals surface area contributed by atoms with Crippen LogP contribution in [0.3, 0.4) is 0 Å². The Hall–Kier alpha value is -1.02. The lowest BCUT2D eigenvalue weighted by molar-refractivity contribution is -0.120. The molecule has 1 N–H and O–H groups in total. The Morgan fingerprint density at radius 2 is 2.31 bits per heavy atom. The van der Waals surface area contributed by atoms with Gasteiger partial charge in [0.2, 0.25) is 5.91 Å². The standard InChI is InChI=1S/C10H12ClNO/c1-12-10(13)6-5-8-3-2-4-9(11)7-8/h2-4,7H,5-6H2,1H3,(H,12,13). The molecule has 0 aromatic heterocycles. The van der Waals surface area contributed by atoms with Gasteiger partial charge in [-0.25, -0.2) is 0 Å². The Bertz CT molecular complexity index is 299. The molecule has 13 heavy (non-hydrogen) atoms. The minimum atomic E-state index is 0.0555. The van der Waals surface area contributed by atoms with E-state index in [4.69, 9.17) is 11.6 Å². The van der Waals surface area contributed by atoms with Crippen molar-refractivity contribution in [3.8, 4) is 0 Å². The molecule has 0 fully saturated rings. The van der Waals surface area contributed by atoms with Crippen LogP contribution in [0.2, 0.25) is 5.02 Å². The van der Waals surface area contributed by atoms with Crippen molar-refractivity contribution in [3.05, 3.63) is 34.9 Å². The summed E-state index contributed by atoms with van der Waals surface area (Å²) in [4.78, 5) is 10.9. The molecule has 2 nitrogen and oxygen atoms in total. The highest BCUT2D eigenvalue weighted by Crippen LogP contribution is 2.11. The van der Waals surface area contributed by atoms with E-state index < -0.39 is 0 Å². The zero-order valence-corrected chi connectivity index (χ0v) is 8.27. The summed E-state index contributed by atoms with van der Waals surface area (Å²) in [6.45, 7) is 0. The minimum absolute atomic E-state index is 0.0555. The van der Waals surface area contributed by atoms with Crippen molar-refractivity contribution in [1.82, 2.24) is 5.32 Å². The van der Waals surface area contributed by atoms with Crippen molar-refractivity contribution >= 4 is 17.5 Å². The number of hydrogen-bond donors (Lipinski definition) is 1. The van der Waals surface area contributed by atoms with E-state index in [0.29, 0.717) is 6.42 Å². The van der Waals surface area contributed by atoms with Gasteiger partial charge in [0, 0.05) is 18.5 Å². The molecule has 0 radical (unpaired) electrons. The number of carbonyl (C=O) groups is 1. The quantitative estimate of drug-likeness (QED) is 0.790. The van der Waals surface area contributed by atoms with Crippen LogP contribution >= 0.6 is 11.6 Å². The second-order valence-electron chi connectivity index (χ2n) is 2.80. The molecule has 0 aliphatic rings. The van der Waals surface area contributed by atoms with Crippen molar-refractivity contribution in [2.24, 2.45) is 0 Å². The summed E-state index contributed by atoms with van der Waals surface area (Å²) in [5, 5.41) is 3.29. The van der Waals surface area contributed by atoms with Gasteiger partial charge in [0.05, 0.1) is 0 Å². The highest BCUT2D eigenvalue weighted by atomic mass is 35.5. The van der Waals surface area contributed by atoms with Gasteiger partial charge < -0.3 is 5.32 Å². The fourth-order valence-corrected chi connectivity index (χ4v) is 1.29. The summed E-state index contributed by atoms with van der Waals surface area (Å²) in [6, 6.07) is 7.56. The first-order valence-corrected chi connectivity index (χ1v) is 4.55. The van der Waals surface area contributed by atoms with Gasteiger partial charge >= 0.3 is 0 Å². The van der Waals surface area contributed by atoms with Crippen molar-refractivity contribution < 1.29 is 4.79 Å². The van der Waals surface area contributed by atoms with Gasteiger partial charge in [-0.05, 0) is 24.1 Å². The molecule has 0 unspecified atom stereocenters. The summed E-state index contributed by atoms with van der Waals surface area (Å²) in [7, 11) is 1.64. The summed E-state index contributed by atoms with van der Waals surface area (Å²) >= 11 is 5.79. The van der Waals surface area contributed by atoms with Crippen LogP contribution in [0, 0.1) is 0 Å². The normalized spacial score (nSPS) is 9.69. The van der Waals surface area contributed by atoms with Crippen LogP contribution in [-0.4, -0.2) is 13.0 Å². The SMILES string of the molecule is CNC(=O)CCc1cccc(Cl)c1.